The number of ether oxygens (including phenoxy) is 1. The van der Waals surface area contributed by atoms with Crippen molar-refractivity contribution in [2.24, 2.45) is 0 Å². The fraction of sp³-hybridized carbons (Fsp3) is 0.533. The Morgan fingerprint density at radius 1 is 1.37 bits per heavy atom. The van der Waals surface area contributed by atoms with E-state index in [0.29, 0.717) is 22.8 Å². The van der Waals surface area contributed by atoms with Crippen molar-refractivity contribution in [3.05, 3.63) is 28.8 Å². The van der Waals surface area contributed by atoms with Crippen molar-refractivity contribution in [2.75, 3.05) is 19.6 Å². The Hall–Kier alpha value is -1.06. The summed E-state index contributed by atoms with van der Waals surface area (Å²) in [6.07, 6.45) is 2.33. The van der Waals surface area contributed by atoms with Crippen LogP contribution < -0.4 is 4.74 Å². The lowest BCUT2D eigenvalue weighted by molar-refractivity contribution is -0.00780. The summed E-state index contributed by atoms with van der Waals surface area (Å²) in [5.74, 6) is 0.860. The number of benzene rings is 1. The molecule has 1 spiro atoms. The zero-order valence-corrected chi connectivity index (χ0v) is 11.9. The number of rotatable bonds is 1. The van der Waals surface area contributed by atoms with E-state index in [1.807, 2.05) is 6.07 Å². The Morgan fingerprint density at radius 2 is 2.11 bits per heavy atom. The molecular formula is C15H18ClNO2. The number of nitrogens with zero attached hydrogens (tertiary/aromatic N) is 1. The highest BCUT2D eigenvalue weighted by Crippen LogP contribution is 2.40. The monoisotopic (exact) mass is 279 g/mol. The molecule has 102 valence electrons. The lowest BCUT2D eigenvalue weighted by atomic mass is 9.82. The minimum atomic E-state index is -0.288. The average Bonchev–Trinajstić information content (AvgIpc) is 2.41. The van der Waals surface area contributed by atoms with Gasteiger partial charge in [0, 0.05) is 31.0 Å². The van der Waals surface area contributed by atoms with Crippen molar-refractivity contribution in [1.82, 2.24) is 4.90 Å². The number of hydrogen-bond donors (Lipinski definition) is 0. The van der Waals surface area contributed by atoms with Gasteiger partial charge in [0.2, 0.25) is 0 Å². The molecule has 1 saturated heterocycles. The number of likely N-dealkylation sites (tertiary alicyclic amines) is 1. The molecule has 0 radical (unpaired) electrons. The molecule has 3 rings (SSSR count). The zero-order chi connectivity index (χ0) is 13.5. The highest BCUT2D eigenvalue weighted by Gasteiger charge is 2.42. The minimum Gasteiger partial charge on any atom is -0.486 e. The number of carbonyl (C=O) groups excluding carboxylic acids is 1. The van der Waals surface area contributed by atoms with Crippen molar-refractivity contribution in [3.63, 3.8) is 0 Å². The fourth-order valence-corrected chi connectivity index (χ4v) is 3.19. The van der Waals surface area contributed by atoms with Gasteiger partial charge in [0.15, 0.2) is 5.78 Å². The van der Waals surface area contributed by atoms with E-state index in [0.717, 1.165) is 32.5 Å². The molecular weight excluding hydrogens is 262 g/mol. The van der Waals surface area contributed by atoms with Crippen molar-refractivity contribution < 1.29 is 9.53 Å². The van der Waals surface area contributed by atoms with Crippen LogP contribution in [0.4, 0.5) is 0 Å². The maximum Gasteiger partial charge on any atom is 0.170 e. The van der Waals surface area contributed by atoms with Crippen LogP contribution in [0.2, 0.25) is 5.02 Å². The highest BCUT2D eigenvalue weighted by molar-refractivity contribution is 6.31. The van der Waals surface area contributed by atoms with Crippen LogP contribution in [-0.2, 0) is 0 Å². The molecule has 0 unspecified atom stereocenters. The van der Waals surface area contributed by atoms with Crippen LogP contribution in [0.1, 0.15) is 36.5 Å². The van der Waals surface area contributed by atoms with Gasteiger partial charge in [-0.25, -0.2) is 0 Å². The topological polar surface area (TPSA) is 29.5 Å². The fourth-order valence-electron chi connectivity index (χ4n) is 3.02. The third-order valence-corrected chi connectivity index (χ3v) is 4.50. The molecule has 0 bridgehead atoms. The third kappa shape index (κ3) is 2.37. The van der Waals surface area contributed by atoms with Crippen LogP contribution >= 0.6 is 11.6 Å². The lowest BCUT2D eigenvalue weighted by Crippen LogP contribution is -2.50. The van der Waals surface area contributed by atoms with Crippen LogP contribution in [0.15, 0.2) is 18.2 Å². The summed E-state index contributed by atoms with van der Waals surface area (Å²) < 4.78 is 6.17. The number of carbonyl (C=O) groups is 1. The van der Waals surface area contributed by atoms with E-state index in [1.165, 1.54) is 0 Å². The standard InChI is InChI=1S/C15H18ClNO2/c1-2-17-7-5-15(6-8-17)10-13(18)12-9-11(16)3-4-14(12)19-15/h3-4,9H,2,5-8,10H2,1H3. The number of hydrogen-bond acceptors (Lipinski definition) is 3. The second kappa shape index (κ2) is 4.80. The maximum absolute atomic E-state index is 12.3. The molecule has 19 heavy (non-hydrogen) atoms. The van der Waals surface area contributed by atoms with E-state index in [2.05, 4.69) is 11.8 Å². The summed E-state index contributed by atoms with van der Waals surface area (Å²) in [5.41, 5.74) is 0.347. The first kappa shape index (κ1) is 12.9. The number of fused-ring (bicyclic) bond motifs is 1. The van der Waals surface area contributed by atoms with Gasteiger partial charge in [-0.3, -0.25) is 4.79 Å². The molecule has 1 fully saturated rings. The molecule has 0 aromatic heterocycles. The largest absolute Gasteiger partial charge is 0.486 e. The normalized spacial score (nSPS) is 22.1. The minimum absolute atomic E-state index is 0.161. The molecule has 2 aliphatic heterocycles. The van der Waals surface area contributed by atoms with E-state index in [1.54, 1.807) is 12.1 Å². The van der Waals surface area contributed by atoms with Crippen molar-refractivity contribution in [3.8, 4) is 5.75 Å². The molecule has 4 heteroatoms. The Morgan fingerprint density at radius 3 is 2.79 bits per heavy atom. The van der Waals surface area contributed by atoms with E-state index >= 15 is 0 Å². The van der Waals surface area contributed by atoms with Gasteiger partial charge in [0.1, 0.15) is 11.4 Å². The zero-order valence-electron chi connectivity index (χ0n) is 11.1. The van der Waals surface area contributed by atoms with Crippen molar-refractivity contribution in [1.29, 1.82) is 0 Å². The van der Waals surface area contributed by atoms with Crippen LogP contribution in [-0.4, -0.2) is 35.9 Å². The van der Waals surface area contributed by atoms with E-state index in [4.69, 9.17) is 16.3 Å². The molecule has 2 heterocycles. The smallest absolute Gasteiger partial charge is 0.170 e. The predicted molar refractivity (Wildman–Crippen MR) is 75.1 cm³/mol. The van der Waals surface area contributed by atoms with E-state index in [-0.39, 0.29) is 11.4 Å². The molecule has 0 aliphatic carbocycles. The molecule has 3 nitrogen and oxygen atoms in total. The first-order chi connectivity index (χ1) is 9.12. The first-order valence-corrected chi connectivity index (χ1v) is 7.24. The van der Waals surface area contributed by atoms with E-state index < -0.39 is 0 Å². The molecule has 1 aromatic rings. The van der Waals surface area contributed by atoms with Crippen molar-refractivity contribution >= 4 is 17.4 Å². The quantitative estimate of drug-likeness (QED) is 0.791. The molecule has 0 amide bonds. The number of Topliss-reactive ketones (excluding diaryl/α,β-unsaturated/α-hetero) is 1. The lowest BCUT2D eigenvalue weighted by Gasteiger charge is -2.43. The Bertz CT molecular complexity index is 507. The molecule has 1 aromatic carbocycles. The van der Waals surface area contributed by atoms with Gasteiger partial charge >= 0.3 is 0 Å². The summed E-state index contributed by atoms with van der Waals surface area (Å²) in [7, 11) is 0. The Labute approximate surface area is 118 Å². The maximum atomic E-state index is 12.3. The van der Waals surface area contributed by atoms with Crippen molar-refractivity contribution in [2.45, 2.75) is 31.8 Å². The summed E-state index contributed by atoms with van der Waals surface area (Å²) >= 11 is 5.94. The summed E-state index contributed by atoms with van der Waals surface area (Å²) in [6.45, 7) is 5.25. The SMILES string of the molecule is CCN1CCC2(CC1)CC(=O)c1cc(Cl)ccc1O2. The Balaban J connectivity index is 1.85. The van der Waals surface area contributed by atoms with Crippen LogP contribution in [0, 0.1) is 0 Å². The van der Waals surface area contributed by atoms with Gasteiger partial charge in [-0.15, -0.1) is 0 Å². The number of halogens is 1. The summed E-state index contributed by atoms with van der Waals surface area (Å²) in [4.78, 5) is 14.7. The Kier molecular flexibility index (Phi) is 3.27. The van der Waals surface area contributed by atoms with Gasteiger partial charge in [-0.1, -0.05) is 18.5 Å². The number of piperidine rings is 1. The average molecular weight is 280 g/mol. The predicted octanol–water partition coefficient (Wildman–Crippen LogP) is 3.16. The third-order valence-electron chi connectivity index (χ3n) is 4.27. The summed E-state index contributed by atoms with van der Waals surface area (Å²) in [6, 6.07) is 5.32. The summed E-state index contributed by atoms with van der Waals surface area (Å²) in [5, 5.41) is 0.590. The van der Waals surface area contributed by atoms with E-state index in [9.17, 15) is 4.79 Å². The van der Waals surface area contributed by atoms with Gasteiger partial charge in [-0.2, -0.15) is 0 Å². The van der Waals surface area contributed by atoms with Crippen LogP contribution in [0.3, 0.4) is 0 Å². The van der Waals surface area contributed by atoms with Crippen LogP contribution in [0.5, 0.6) is 5.75 Å². The molecule has 0 atom stereocenters. The van der Waals surface area contributed by atoms with Gasteiger partial charge in [-0.05, 0) is 24.7 Å². The molecule has 2 aliphatic rings. The highest BCUT2D eigenvalue weighted by atomic mass is 35.5. The molecule has 0 N–H and O–H groups in total. The molecule has 0 saturated carbocycles. The number of ketones is 1. The van der Waals surface area contributed by atoms with Gasteiger partial charge in [0.05, 0.1) is 12.0 Å². The van der Waals surface area contributed by atoms with Gasteiger partial charge < -0.3 is 9.64 Å². The second-order valence-corrected chi connectivity index (χ2v) is 5.90. The first-order valence-electron chi connectivity index (χ1n) is 6.86. The van der Waals surface area contributed by atoms with Gasteiger partial charge in [0.25, 0.3) is 0 Å². The van der Waals surface area contributed by atoms with Crippen LogP contribution in [0.25, 0.3) is 0 Å². The second-order valence-electron chi connectivity index (χ2n) is 5.46.